The third-order valence-corrected chi connectivity index (χ3v) is 6.91. The predicted octanol–water partition coefficient (Wildman–Crippen LogP) is 4.25. The van der Waals surface area contributed by atoms with Crippen molar-refractivity contribution in [1.82, 2.24) is 4.90 Å². The van der Waals surface area contributed by atoms with Crippen molar-refractivity contribution < 1.29 is 19.0 Å². The molecule has 1 aliphatic carbocycles. The van der Waals surface area contributed by atoms with E-state index in [-0.39, 0.29) is 17.4 Å². The molecule has 0 amide bonds. The van der Waals surface area contributed by atoms with Crippen LogP contribution in [-0.2, 0) is 10.2 Å². The Bertz CT molecular complexity index is 1010. The summed E-state index contributed by atoms with van der Waals surface area (Å²) in [7, 11) is 9.40. The summed E-state index contributed by atoms with van der Waals surface area (Å²) in [6.45, 7) is 0.989. The SMILES string of the molecule is COc1ccc(C23CCC(OC(=O)c4ccc(N(C)C)cc4)=CC2N(C)CC3)cc1OC. The molecule has 1 aliphatic heterocycles. The third kappa shape index (κ3) is 3.95. The van der Waals surface area contributed by atoms with E-state index in [0.717, 1.165) is 48.8 Å². The van der Waals surface area contributed by atoms with Crippen LogP contribution in [0.3, 0.4) is 0 Å². The molecular weight excluding hydrogens is 404 g/mol. The van der Waals surface area contributed by atoms with Crippen LogP contribution in [0.1, 0.15) is 35.2 Å². The summed E-state index contributed by atoms with van der Waals surface area (Å²) in [6, 6.07) is 13.9. The number of likely N-dealkylation sites (tertiary alicyclic amines) is 1. The molecule has 1 saturated heterocycles. The van der Waals surface area contributed by atoms with Gasteiger partial charge in [0.25, 0.3) is 0 Å². The normalized spacial score (nSPS) is 22.7. The number of benzene rings is 2. The number of hydrogen-bond acceptors (Lipinski definition) is 6. The van der Waals surface area contributed by atoms with Gasteiger partial charge in [0.15, 0.2) is 11.5 Å². The van der Waals surface area contributed by atoms with Gasteiger partial charge in [0.05, 0.1) is 19.8 Å². The van der Waals surface area contributed by atoms with Crippen LogP contribution in [0.4, 0.5) is 5.69 Å². The average Bonchev–Trinajstić information content (AvgIpc) is 3.15. The minimum Gasteiger partial charge on any atom is -0.493 e. The summed E-state index contributed by atoms with van der Waals surface area (Å²) >= 11 is 0. The molecule has 0 spiro atoms. The fraction of sp³-hybridized carbons (Fsp3) is 0.423. The number of esters is 1. The first-order valence-corrected chi connectivity index (χ1v) is 11.0. The molecule has 6 heteroatoms. The molecule has 0 bridgehead atoms. The van der Waals surface area contributed by atoms with Crippen molar-refractivity contribution in [1.29, 1.82) is 0 Å². The number of fused-ring (bicyclic) bond motifs is 1. The number of methoxy groups -OCH3 is 2. The first-order valence-electron chi connectivity index (χ1n) is 11.0. The van der Waals surface area contributed by atoms with Crippen LogP contribution in [0, 0.1) is 0 Å². The number of rotatable bonds is 6. The highest BCUT2D eigenvalue weighted by Crippen LogP contribution is 2.49. The van der Waals surface area contributed by atoms with Gasteiger partial charge in [-0.25, -0.2) is 4.79 Å². The maximum atomic E-state index is 12.8. The molecule has 4 rings (SSSR count). The molecule has 0 radical (unpaired) electrons. The highest BCUT2D eigenvalue weighted by Gasteiger charge is 2.48. The topological polar surface area (TPSA) is 51.2 Å². The number of anilines is 1. The molecule has 2 atom stereocenters. The number of carbonyl (C=O) groups excluding carboxylic acids is 1. The Labute approximate surface area is 190 Å². The highest BCUT2D eigenvalue weighted by molar-refractivity contribution is 5.90. The van der Waals surface area contributed by atoms with Crippen LogP contribution in [-0.4, -0.2) is 58.8 Å². The molecule has 6 nitrogen and oxygen atoms in total. The van der Waals surface area contributed by atoms with Crippen molar-refractivity contribution in [3.8, 4) is 11.5 Å². The lowest BCUT2D eigenvalue weighted by molar-refractivity contribution is 0.0593. The smallest absolute Gasteiger partial charge is 0.343 e. The molecule has 170 valence electrons. The molecule has 32 heavy (non-hydrogen) atoms. The second-order valence-electron chi connectivity index (χ2n) is 8.87. The van der Waals surface area contributed by atoms with Crippen molar-refractivity contribution in [2.24, 2.45) is 0 Å². The van der Waals surface area contributed by atoms with E-state index in [4.69, 9.17) is 14.2 Å². The van der Waals surface area contributed by atoms with Crippen molar-refractivity contribution in [2.45, 2.75) is 30.7 Å². The Hall–Kier alpha value is -2.99. The van der Waals surface area contributed by atoms with Gasteiger partial charge in [0.2, 0.25) is 0 Å². The van der Waals surface area contributed by atoms with Gasteiger partial charge in [-0.1, -0.05) is 6.07 Å². The van der Waals surface area contributed by atoms with E-state index in [1.54, 1.807) is 14.2 Å². The van der Waals surface area contributed by atoms with Crippen LogP contribution in [0.25, 0.3) is 0 Å². The Morgan fingerprint density at radius 1 is 1.03 bits per heavy atom. The summed E-state index contributed by atoms with van der Waals surface area (Å²) in [6.07, 6.45) is 4.82. The monoisotopic (exact) mass is 436 g/mol. The van der Waals surface area contributed by atoms with Gasteiger partial charge < -0.3 is 19.1 Å². The zero-order valence-corrected chi connectivity index (χ0v) is 19.6. The van der Waals surface area contributed by atoms with Gasteiger partial charge in [-0.2, -0.15) is 0 Å². The highest BCUT2D eigenvalue weighted by atomic mass is 16.5. The number of ether oxygens (including phenoxy) is 3. The molecule has 1 heterocycles. The number of likely N-dealkylation sites (N-methyl/N-ethyl adjacent to an activating group) is 1. The van der Waals surface area contributed by atoms with Crippen molar-refractivity contribution in [3.05, 3.63) is 65.4 Å². The van der Waals surface area contributed by atoms with E-state index in [9.17, 15) is 4.79 Å². The minimum atomic E-state index is -0.305. The van der Waals surface area contributed by atoms with Crippen molar-refractivity contribution in [3.63, 3.8) is 0 Å². The van der Waals surface area contributed by atoms with Crippen LogP contribution in [0.2, 0.25) is 0 Å². The lowest BCUT2D eigenvalue weighted by Gasteiger charge is -2.40. The number of hydrogen-bond donors (Lipinski definition) is 0. The van der Waals surface area contributed by atoms with Gasteiger partial charge in [0, 0.05) is 37.7 Å². The summed E-state index contributed by atoms with van der Waals surface area (Å²) in [5.74, 6) is 1.93. The second-order valence-corrected chi connectivity index (χ2v) is 8.87. The molecule has 2 unspecified atom stereocenters. The maximum absolute atomic E-state index is 12.8. The summed E-state index contributed by atoms with van der Waals surface area (Å²) in [5, 5.41) is 0. The molecular formula is C26H32N2O4. The average molecular weight is 437 g/mol. The molecule has 1 fully saturated rings. The van der Waals surface area contributed by atoms with Gasteiger partial charge in [0.1, 0.15) is 5.76 Å². The molecule has 0 aromatic heterocycles. The van der Waals surface area contributed by atoms with Crippen molar-refractivity contribution in [2.75, 3.05) is 46.8 Å². The lowest BCUT2D eigenvalue weighted by Crippen LogP contribution is -2.42. The van der Waals surface area contributed by atoms with E-state index in [2.05, 4.69) is 30.2 Å². The van der Waals surface area contributed by atoms with E-state index in [0.29, 0.717) is 5.56 Å². The van der Waals surface area contributed by atoms with E-state index < -0.39 is 0 Å². The zero-order valence-electron chi connectivity index (χ0n) is 19.6. The number of carbonyl (C=O) groups is 1. The van der Waals surface area contributed by atoms with Crippen LogP contribution in [0.15, 0.2) is 54.3 Å². The standard InChI is InChI=1S/C26H32N2O4/c1-27(2)20-9-6-18(7-10-20)25(29)32-21-12-13-26(14-15-28(3)24(26)17-21)19-8-11-22(30-4)23(16-19)31-5/h6-11,16-17,24H,12-15H2,1-5H3. The Morgan fingerprint density at radius 3 is 2.41 bits per heavy atom. The Morgan fingerprint density at radius 2 is 1.75 bits per heavy atom. The molecule has 2 aromatic carbocycles. The fourth-order valence-electron chi connectivity index (χ4n) is 5.01. The minimum absolute atomic E-state index is 0.0302. The zero-order chi connectivity index (χ0) is 22.9. The lowest BCUT2D eigenvalue weighted by atomic mass is 9.68. The first kappa shape index (κ1) is 22.2. The third-order valence-electron chi connectivity index (χ3n) is 6.91. The predicted molar refractivity (Wildman–Crippen MR) is 126 cm³/mol. The Kier molecular flexibility index (Phi) is 6.15. The van der Waals surface area contributed by atoms with Crippen LogP contribution >= 0.6 is 0 Å². The molecule has 2 aromatic rings. The van der Waals surface area contributed by atoms with E-state index in [1.807, 2.05) is 49.3 Å². The second kappa shape index (κ2) is 8.87. The van der Waals surface area contributed by atoms with Gasteiger partial charge >= 0.3 is 5.97 Å². The van der Waals surface area contributed by atoms with Gasteiger partial charge in [-0.3, -0.25) is 4.90 Å². The van der Waals surface area contributed by atoms with Gasteiger partial charge in [-0.15, -0.1) is 0 Å². The molecule has 2 aliphatic rings. The number of nitrogens with zero attached hydrogens (tertiary/aromatic N) is 2. The van der Waals surface area contributed by atoms with Crippen molar-refractivity contribution >= 4 is 11.7 Å². The van der Waals surface area contributed by atoms with Gasteiger partial charge in [-0.05, 0) is 74.5 Å². The number of allylic oxidation sites excluding steroid dienone is 1. The Balaban J connectivity index is 1.57. The summed E-state index contributed by atoms with van der Waals surface area (Å²) < 4.78 is 16.8. The first-order chi connectivity index (χ1) is 15.4. The molecule has 0 N–H and O–H groups in total. The van der Waals surface area contributed by atoms with Crippen LogP contribution < -0.4 is 14.4 Å². The maximum Gasteiger partial charge on any atom is 0.343 e. The summed E-state index contributed by atoms with van der Waals surface area (Å²) in [4.78, 5) is 17.1. The summed E-state index contributed by atoms with van der Waals surface area (Å²) in [5.41, 5.74) is 2.82. The van der Waals surface area contributed by atoms with E-state index in [1.165, 1.54) is 5.56 Å². The van der Waals surface area contributed by atoms with E-state index >= 15 is 0 Å². The van der Waals surface area contributed by atoms with Crippen LogP contribution in [0.5, 0.6) is 11.5 Å². The molecule has 0 saturated carbocycles. The largest absolute Gasteiger partial charge is 0.493 e. The quantitative estimate of drug-likeness (QED) is 0.631. The fourth-order valence-corrected chi connectivity index (χ4v) is 5.01.